The van der Waals surface area contributed by atoms with E-state index >= 15 is 0 Å². The van der Waals surface area contributed by atoms with Crippen LogP contribution in [0.5, 0.6) is 0 Å². The zero-order valence-electron chi connectivity index (χ0n) is 15.6. The number of hydrogen-bond acceptors (Lipinski definition) is 6. The Balaban J connectivity index is 1.47. The van der Waals surface area contributed by atoms with Crippen LogP contribution in [0.2, 0.25) is 0 Å². The van der Waals surface area contributed by atoms with Crippen molar-refractivity contribution in [2.45, 2.75) is 38.5 Å². The average Bonchev–Trinajstić information content (AvgIpc) is 3.26. The smallest absolute Gasteiger partial charge is 0.255 e. The summed E-state index contributed by atoms with van der Waals surface area (Å²) in [7, 11) is 0. The van der Waals surface area contributed by atoms with Gasteiger partial charge < -0.3 is 20.7 Å². The lowest BCUT2D eigenvalue weighted by Gasteiger charge is -2.30. The Hall–Kier alpha value is -3.00. The van der Waals surface area contributed by atoms with Gasteiger partial charge in [0.15, 0.2) is 0 Å². The summed E-state index contributed by atoms with van der Waals surface area (Å²) < 4.78 is 5.51. The van der Waals surface area contributed by atoms with Crippen molar-refractivity contribution in [3.63, 3.8) is 0 Å². The van der Waals surface area contributed by atoms with Gasteiger partial charge in [-0.15, -0.1) is 0 Å². The largest absolute Gasteiger partial charge is 0.383 e. The molecule has 2 aromatic heterocycles. The summed E-state index contributed by atoms with van der Waals surface area (Å²) in [5, 5.41) is 2.82. The molecule has 28 heavy (non-hydrogen) atoms. The van der Waals surface area contributed by atoms with Gasteiger partial charge >= 0.3 is 0 Å². The lowest BCUT2D eigenvalue weighted by atomic mass is 10.0. The molecule has 1 unspecified atom stereocenters. The first kappa shape index (κ1) is 18.4. The molecule has 2 aliphatic rings. The second-order valence-corrected chi connectivity index (χ2v) is 7.04. The number of nitrogens with zero attached hydrogens (tertiary/aromatic N) is 3. The number of nitrogen functional groups attached to an aromatic ring is 1. The maximum atomic E-state index is 12.6. The van der Waals surface area contributed by atoms with Gasteiger partial charge in [0.05, 0.1) is 17.8 Å². The summed E-state index contributed by atoms with van der Waals surface area (Å²) in [4.78, 5) is 35.6. The van der Waals surface area contributed by atoms with E-state index in [4.69, 9.17) is 10.5 Å². The van der Waals surface area contributed by atoms with Gasteiger partial charge in [0.2, 0.25) is 0 Å². The zero-order valence-corrected chi connectivity index (χ0v) is 15.6. The Morgan fingerprint density at radius 3 is 3.00 bits per heavy atom. The first-order valence-corrected chi connectivity index (χ1v) is 9.48. The number of rotatable bonds is 4. The molecule has 4 heterocycles. The standard InChI is InChI=1S/C20H23N5O3/c21-18-15(19(26)23-11-14-4-1-2-7-22-14)10-13-12-25(8-6-16(13)24-18)20(27)17-5-3-9-28-17/h1-2,4,7,10,17H,3,5-6,8-9,11-12H2,(H2,21,24)(H,23,26). The molecular formula is C20H23N5O3. The van der Waals surface area contributed by atoms with Gasteiger partial charge in [-0.2, -0.15) is 0 Å². The molecule has 0 radical (unpaired) electrons. The van der Waals surface area contributed by atoms with E-state index in [1.54, 1.807) is 17.2 Å². The average molecular weight is 381 g/mol. The van der Waals surface area contributed by atoms with E-state index in [2.05, 4.69) is 15.3 Å². The van der Waals surface area contributed by atoms with E-state index in [1.807, 2.05) is 18.2 Å². The Bertz CT molecular complexity index is 881. The lowest BCUT2D eigenvalue weighted by molar-refractivity contribution is -0.141. The maximum Gasteiger partial charge on any atom is 0.255 e. The molecule has 8 heteroatoms. The zero-order chi connectivity index (χ0) is 19.5. The van der Waals surface area contributed by atoms with Gasteiger partial charge in [-0.25, -0.2) is 4.98 Å². The molecule has 3 N–H and O–H groups in total. The minimum atomic E-state index is -0.343. The van der Waals surface area contributed by atoms with E-state index in [9.17, 15) is 9.59 Å². The molecule has 8 nitrogen and oxygen atoms in total. The van der Waals surface area contributed by atoms with E-state index in [0.717, 1.165) is 29.8 Å². The number of hydrogen-bond donors (Lipinski definition) is 2. The predicted molar refractivity (Wildman–Crippen MR) is 102 cm³/mol. The third kappa shape index (κ3) is 3.82. The second-order valence-electron chi connectivity index (χ2n) is 7.04. The van der Waals surface area contributed by atoms with Crippen LogP contribution in [0.4, 0.5) is 5.82 Å². The number of nitrogens with two attached hydrogens (primary N) is 1. The number of anilines is 1. The monoisotopic (exact) mass is 381 g/mol. The molecule has 0 bridgehead atoms. The van der Waals surface area contributed by atoms with E-state index in [0.29, 0.717) is 38.2 Å². The van der Waals surface area contributed by atoms with Crippen LogP contribution >= 0.6 is 0 Å². The summed E-state index contributed by atoms with van der Waals surface area (Å²) >= 11 is 0. The van der Waals surface area contributed by atoms with Gasteiger partial charge in [0.25, 0.3) is 11.8 Å². The summed E-state index contributed by atoms with van der Waals surface area (Å²) in [5.74, 6) is -0.0849. The van der Waals surface area contributed by atoms with Crippen molar-refractivity contribution in [2.75, 3.05) is 18.9 Å². The fourth-order valence-corrected chi connectivity index (χ4v) is 3.60. The molecule has 1 saturated heterocycles. The fraction of sp³-hybridized carbons (Fsp3) is 0.400. The highest BCUT2D eigenvalue weighted by Gasteiger charge is 2.31. The predicted octanol–water partition coefficient (Wildman–Crippen LogP) is 1.05. The van der Waals surface area contributed by atoms with Crippen LogP contribution in [0.25, 0.3) is 0 Å². The normalized spacial score (nSPS) is 18.6. The Kier molecular flexibility index (Phi) is 5.21. The summed E-state index contributed by atoms with van der Waals surface area (Å²) in [6, 6.07) is 7.27. The number of aromatic nitrogens is 2. The number of amides is 2. The summed E-state index contributed by atoms with van der Waals surface area (Å²) in [6.07, 6.45) is 3.64. The van der Waals surface area contributed by atoms with Crippen LogP contribution in [0, 0.1) is 0 Å². The topological polar surface area (TPSA) is 110 Å². The van der Waals surface area contributed by atoms with Crippen LogP contribution in [-0.2, 0) is 29.0 Å². The van der Waals surface area contributed by atoms with Crippen molar-refractivity contribution in [3.05, 3.63) is 53.0 Å². The number of nitrogens with one attached hydrogen (secondary N) is 1. The molecule has 2 amide bonds. The Morgan fingerprint density at radius 1 is 1.36 bits per heavy atom. The molecule has 2 aromatic rings. The molecule has 0 aliphatic carbocycles. The first-order valence-electron chi connectivity index (χ1n) is 9.48. The Morgan fingerprint density at radius 2 is 2.25 bits per heavy atom. The highest BCUT2D eigenvalue weighted by Crippen LogP contribution is 2.24. The van der Waals surface area contributed by atoms with Crippen LogP contribution in [0.1, 0.15) is 40.2 Å². The lowest BCUT2D eigenvalue weighted by Crippen LogP contribution is -2.42. The highest BCUT2D eigenvalue weighted by atomic mass is 16.5. The molecule has 2 aliphatic heterocycles. The molecule has 0 spiro atoms. The van der Waals surface area contributed by atoms with Gasteiger partial charge in [-0.1, -0.05) is 6.07 Å². The van der Waals surface area contributed by atoms with E-state index in [-0.39, 0.29) is 23.7 Å². The van der Waals surface area contributed by atoms with Crippen LogP contribution < -0.4 is 11.1 Å². The van der Waals surface area contributed by atoms with Crippen molar-refractivity contribution in [2.24, 2.45) is 0 Å². The van der Waals surface area contributed by atoms with Crippen LogP contribution in [-0.4, -0.2) is 45.9 Å². The molecular weight excluding hydrogens is 358 g/mol. The van der Waals surface area contributed by atoms with Crippen molar-refractivity contribution < 1.29 is 14.3 Å². The molecule has 4 rings (SSSR count). The molecule has 146 valence electrons. The molecule has 1 atom stereocenters. The molecule has 0 saturated carbocycles. The first-order chi connectivity index (χ1) is 13.6. The number of carbonyl (C=O) groups is 2. The number of carbonyl (C=O) groups excluding carboxylic acids is 2. The van der Waals surface area contributed by atoms with Crippen LogP contribution in [0.3, 0.4) is 0 Å². The molecule has 0 aromatic carbocycles. The summed E-state index contributed by atoms with van der Waals surface area (Å²) in [6.45, 7) is 1.95. The number of pyridine rings is 2. The second kappa shape index (κ2) is 7.93. The number of ether oxygens (including phenoxy) is 1. The van der Waals surface area contributed by atoms with E-state index in [1.165, 1.54) is 0 Å². The van der Waals surface area contributed by atoms with Gasteiger partial charge in [-0.3, -0.25) is 14.6 Å². The fourth-order valence-electron chi connectivity index (χ4n) is 3.60. The third-order valence-electron chi connectivity index (χ3n) is 5.12. The van der Waals surface area contributed by atoms with Gasteiger partial charge in [0, 0.05) is 38.0 Å². The number of fused-ring (bicyclic) bond motifs is 1. The Labute approximate surface area is 163 Å². The van der Waals surface area contributed by atoms with Crippen molar-refractivity contribution in [1.29, 1.82) is 0 Å². The van der Waals surface area contributed by atoms with Gasteiger partial charge in [-0.05, 0) is 36.6 Å². The minimum Gasteiger partial charge on any atom is -0.383 e. The highest BCUT2D eigenvalue weighted by molar-refractivity contribution is 5.98. The van der Waals surface area contributed by atoms with Gasteiger partial charge in [0.1, 0.15) is 11.9 Å². The van der Waals surface area contributed by atoms with Crippen LogP contribution in [0.15, 0.2) is 30.5 Å². The maximum absolute atomic E-state index is 12.6. The third-order valence-corrected chi connectivity index (χ3v) is 5.12. The van der Waals surface area contributed by atoms with Crippen molar-refractivity contribution >= 4 is 17.6 Å². The van der Waals surface area contributed by atoms with Crippen molar-refractivity contribution in [1.82, 2.24) is 20.2 Å². The molecule has 1 fully saturated rings. The minimum absolute atomic E-state index is 0.0149. The summed E-state index contributed by atoms with van der Waals surface area (Å²) in [5.41, 5.74) is 8.80. The van der Waals surface area contributed by atoms with E-state index < -0.39 is 0 Å². The van der Waals surface area contributed by atoms with Crippen molar-refractivity contribution in [3.8, 4) is 0 Å². The SMILES string of the molecule is Nc1nc2c(cc1C(=O)NCc1ccccn1)CN(C(=O)C1CCCO1)CC2. The quantitative estimate of drug-likeness (QED) is 0.819.